The average Bonchev–Trinajstić information content (AvgIpc) is 3.03. The summed E-state index contributed by atoms with van der Waals surface area (Å²) >= 11 is 0. The average molecular weight is 221 g/mol. The van der Waals surface area contributed by atoms with Crippen LogP contribution in [0.15, 0.2) is 0 Å². The summed E-state index contributed by atoms with van der Waals surface area (Å²) in [6, 6.07) is 0. The summed E-state index contributed by atoms with van der Waals surface area (Å²) in [5.74, 6) is 3.97. The summed E-state index contributed by atoms with van der Waals surface area (Å²) in [6.45, 7) is 11.5. The Bertz CT molecular complexity index is 222. The lowest BCUT2D eigenvalue weighted by Crippen LogP contribution is -2.24. The molecule has 2 atom stereocenters. The van der Waals surface area contributed by atoms with Crippen LogP contribution in [0.1, 0.15) is 65.7 Å². The fourth-order valence-electron chi connectivity index (χ4n) is 3.47. The molecule has 2 unspecified atom stereocenters. The number of hydrogen-bond donors (Lipinski definition) is 0. The van der Waals surface area contributed by atoms with Gasteiger partial charge in [0.05, 0.1) is 0 Å². The monoisotopic (exact) mass is 221 g/mol. The molecule has 1 radical (unpaired) electrons. The number of rotatable bonds is 7. The van der Waals surface area contributed by atoms with Crippen LogP contribution in [-0.4, -0.2) is 0 Å². The molecular formula is C16H29. The molecule has 0 N–H and O–H groups in total. The van der Waals surface area contributed by atoms with Gasteiger partial charge in [-0.2, -0.15) is 0 Å². The van der Waals surface area contributed by atoms with E-state index in [-0.39, 0.29) is 0 Å². The van der Waals surface area contributed by atoms with Crippen LogP contribution in [-0.2, 0) is 0 Å². The van der Waals surface area contributed by atoms with Crippen molar-refractivity contribution in [2.24, 2.45) is 29.1 Å². The topological polar surface area (TPSA) is 0 Å². The van der Waals surface area contributed by atoms with E-state index in [0.717, 1.165) is 30.1 Å². The fourth-order valence-corrected chi connectivity index (χ4v) is 3.47. The first-order chi connectivity index (χ1) is 7.55. The van der Waals surface area contributed by atoms with Crippen molar-refractivity contribution in [3.8, 4) is 0 Å². The SMILES string of the molecule is [CH2]CC(C)(CC(CC(C)C)C1CC1)C1CC1. The molecule has 0 amide bonds. The van der Waals surface area contributed by atoms with Crippen molar-refractivity contribution in [1.82, 2.24) is 0 Å². The molecule has 16 heavy (non-hydrogen) atoms. The highest BCUT2D eigenvalue weighted by Gasteiger charge is 2.44. The molecule has 0 aliphatic heterocycles. The van der Waals surface area contributed by atoms with Gasteiger partial charge in [-0.3, -0.25) is 0 Å². The quantitative estimate of drug-likeness (QED) is 0.562. The van der Waals surface area contributed by atoms with Crippen LogP contribution in [0, 0.1) is 36.0 Å². The van der Waals surface area contributed by atoms with Crippen LogP contribution in [0.2, 0.25) is 0 Å². The van der Waals surface area contributed by atoms with Crippen LogP contribution in [0.5, 0.6) is 0 Å². The third-order valence-corrected chi connectivity index (χ3v) is 4.93. The van der Waals surface area contributed by atoms with E-state index in [0.29, 0.717) is 5.41 Å². The van der Waals surface area contributed by atoms with Crippen molar-refractivity contribution < 1.29 is 0 Å². The predicted octanol–water partition coefficient (Wildman–Crippen LogP) is 5.09. The van der Waals surface area contributed by atoms with Gasteiger partial charge in [-0.05, 0) is 74.0 Å². The van der Waals surface area contributed by atoms with E-state index in [1.807, 2.05) is 0 Å². The minimum atomic E-state index is 0.572. The standard InChI is InChI=1S/C16H29/c1-5-16(4,15-8-9-15)11-14(10-12(2)3)13-6-7-13/h12-15H,1,5-11H2,2-4H3. The van der Waals surface area contributed by atoms with Crippen LogP contribution < -0.4 is 0 Å². The molecule has 0 aromatic rings. The molecule has 0 saturated heterocycles. The lowest BCUT2D eigenvalue weighted by atomic mass is 9.72. The van der Waals surface area contributed by atoms with Gasteiger partial charge in [0, 0.05) is 0 Å². The van der Waals surface area contributed by atoms with Crippen molar-refractivity contribution >= 4 is 0 Å². The summed E-state index contributed by atoms with van der Waals surface area (Å²) in [5, 5.41) is 0. The van der Waals surface area contributed by atoms with E-state index in [1.54, 1.807) is 0 Å². The molecule has 0 aromatic heterocycles. The Morgan fingerprint density at radius 2 is 1.81 bits per heavy atom. The third kappa shape index (κ3) is 3.02. The highest BCUT2D eigenvalue weighted by Crippen LogP contribution is 2.54. The second-order valence-electron chi connectivity index (χ2n) is 7.11. The van der Waals surface area contributed by atoms with E-state index in [4.69, 9.17) is 0 Å². The van der Waals surface area contributed by atoms with Gasteiger partial charge in [-0.15, -0.1) is 0 Å². The van der Waals surface area contributed by atoms with Gasteiger partial charge in [-0.25, -0.2) is 0 Å². The highest BCUT2D eigenvalue weighted by atomic mass is 14.5. The molecule has 0 nitrogen and oxygen atoms in total. The van der Waals surface area contributed by atoms with Crippen LogP contribution in [0.4, 0.5) is 0 Å². The third-order valence-electron chi connectivity index (χ3n) is 4.93. The lowest BCUT2D eigenvalue weighted by Gasteiger charge is -2.33. The minimum absolute atomic E-state index is 0.572. The molecule has 2 aliphatic carbocycles. The van der Waals surface area contributed by atoms with E-state index in [1.165, 1.54) is 38.5 Å². The van der Waals surface area contributed by atoms with Crippen molar-refractivity contribution in [2.45, 2.75) is 65.7 Å². The zero-order chi connectivity index (χ0) is 11.8. The zero-order valence-corrected chi connectivity index (χ0v) is 11.5. The summed E-state index contributed by atoms with van der Waals surface area (Å²) in [7, 11) is 0. The maximum Gasteiger partial charge on any atom is -0.0295 e. The minimum Gasteiger partial charge on any atom is -0.0628 e. The summed E-state index contributed by atoms with van der Waals surface area (Å²) in [5.41, 5.74) is 0.572. The Morgan fingerprint density at radius 3 is 2.19 bits per heavy atom. The van der Waals surface area contributed by atoms with E-state index in [9.17, 15) is 0 Å². The molecule has 0 spiro atoms. The Morgan fingerprint density at radius 1 is 1.19 bits per heavy atom. The van der Waals surface area contributed by atoms with Crippen molar-refractivity contribution in [3.05, 3.63) is 6.92 Å². The smallest absolute Gasteiger partial charge is 0.0295 e. The van der Waals surface area contributed by atoms with Gasteiger partial charge >= 0.3 is 0 Å². The maximum absolute atomic E-state index is 4.23. The molecule has 0 heterocycles. The largest absolute Gasteiger partial charge is 0.0628 e. The van der Waals surface area contributed by atoms with E-state index in [2.05, 4.69) is 27.7 Å². The van der Waals surface area contributed by atoms with E-state index >= 15 is 0 Å². The highest BCUT2D eigenvalue weighted by molar-refractivity contribution is 4.95. The van der Waals surface area contributed by atoms with Crippen molar-refractivity contribution in [1.29, 1.82) is 0 Å². The lowest BCUT2D eigenvalue weighted by molar-refractivity contribution is 0.174. The van der Waals surface area contributed by atoms with E-state index < -0.39 is 0 Å². The molecule has 2 aliphatic rings. The normalized spacial score (nSPS) is 26.8. The molecule has 93 valence electrons. The first-order valence-electron chi connectivity index (χ1n) is 7.34. The first kappa shape index (κ1) is 12.5. The Balaban J connectivity index is 1.92. The summed E-state index contributed by atoms with van der Waals surface area (Å²) in [6.07, 6.45) is 10.0. The van der Waals surface area contributed by atoms with Gasteiger partial charge in [0.1, 0.15) is 0 Å². The fraction of sp³-hybridized carbons (Fsp3) is 0.938. The summed E-state index contributed by atoms with van der Waals surface area (Å²) in [4.78, 5) is 0. The second-order valence-corrected chi connectivity index (χ2v) is 7.11. The molecule has 2 rings (SSSR count). The van der Waals surface area contributed by atoms with Gasteiger partial charge in [0.2, 0.25) is 0 Å². The van der Waals surface area contributed by atoms with Crippen LogP contribution in [0.3, 0.4) is 0 Å². The summed E-state index contributed by atoms with van der Waals surface area (Å²) < 4.78 is 0. The zero-order valence-electron chi connectivity index (χ0n) is 11.5. The van der Waals surface area contributed by atoms with Crippen LogP contribution in [0.25, 0.3) is 0 Å². The number of hydrogen-bond acceptors (Lipinski definition) is 0. The molecular weight excluding hydrogens is 192 g/mol. The molecule has 2 fully saturated rings. The molecule has 2 saturated carbocycles. The Labute approximate surface area is 102 Å². The van der Waals surface area contributed by atoms with Gasteiger partial charge < -0.3 is 0 Å². The Hall–Kier alpha value is 0. The maximum atomic E-state index is 4.23. The molecule has 0 heteroatoms. The van der Waals surface area contributed by atoms with Gasteiger partial charge in [0.15, 0.2) is 0 Å². The van der Waals surface area contributed by atoms with Gasteiger partial charge in [-0.1, -0.05) is 27.7 Å². The predicted molar refractivity (Wildman–Crippen MR) is 71.1 cm³/mol. The van der Waals surface area contributed by atoms with Crippen molar-refractivity contribution in [3.63, 3.8) is 0 Å². The molecule has 0 bridgehead atoms. The Kier molecular flexibility index (Phi) is 3.66. The van der Waals surface area contributed by atoms with Gasteiger partial charge in [0.25, 0.3) is 0 Å². The molecule has 0 aromatic carbocycles. The van der Waals surface area contributed by atoms with Crippen LogP contribution >= 0.6 is 0 Å². The van der Waals surface area contributed by atoms with Crippen molar-refractivity contribution in [2.75, 3.05) is 0 Å². The second kappa shape index (κ2) is 4.70. The first-order valence-corrected chi connectivity index (χ1v) is 7.34.